The molecule has 1 aromatic carbocycles. The zero-order chi connectivity index (χ0) is 16.5. The van der Waals surface area contributed by atoms with Gasteiger partial charge in [0.25, 0.3) is 0 Å². The third-order valence-corrected chi connectivity index (χ3v) is 4.15. The van der Waals surface area contributed by atoms with E-state index in [2.05, 4.69) is 24.5 Å². The summed E-state index contributed by atoms with van der Waals surface area (Å²) in [5.41, 5.74) is 0.941. The molecule has 0 aromatic heterocycles. The average molecular weight is 323 g/mol. The van der Waals surface area contributed by atoms with Crippen LogP contribution in [0.15, 0.2) is 18.2 Å². The summed E-state index contributed by atoms with van der Waals surface area (Å²) in [5.74, 6) is -0.540. The topological polar surface area (TPSA) is 44.4 Å². The maximum atomic E-state index is 13.5. The highest BCUT2D eigenvalue weighted by Crippen LogP contribution is 2.22. The number of amides is 1. The largest absolute Gasteiger partial charge is 0.358 e. The summed E-state index contributed by atoms with van der Waals surface area (Å²) in [6, 6.07) is 4.83. The number of aryl methyl sites for hydroxylation is 1. The van der Waals surface area contributed by atoms with Crippen LogP contribution < -0.4 is 10.6 Å². The number of thiocarbonyl (C=S) groups is 1. The standard InChI is InChI=1S/C16H22FN3OS/c1-10-5-6-12(7-13(10)17)18-14(21)9-20-11(2)8-16(3,4)19-15(20)22/h5-7,11H,8-9H2,1-4H3,(H,18,21)(H,19,22)/t11-/m1/s1. The maximum absolute atomic E-state index is 13.5. The SMILES string of the molecule is Cc1ccc(NC(=O)CN2C(=S)NC(C)(C)C[C@H]2C)cc1F. The number of carbonyl (C=O) groups excluding carboxylic acids is 1. The predicted molar refractivity (Wildman–Crippen MR) is 90.4 cm³/mol. The van der Waals surface area contributed by atoms with Gasteiger partial charge in [-0.25, -0.2) is 4.39 Å². The lowest BCUT2D eigenvalue weighted by Gasteiger charge is -2.44. The number of benzene rings is 1. The van der Waals surface area contributed by atoms with Crippen LogP contribution in [0.2, 0.25) is 0 Å². The summed E-state index contributed by atoms with van der Waals surface area (Å²) in [4.78, 5) is 14.0. The number of hydrogen-bond acceptors (Lipinski definition) is 2. The van der Waals surface area contributed by atoms with Crippen molar-refractivity contribution < 1.29 is 9.18 Å². The molecule has 120 valence electrons. The Morgan fingerprint density at radius 2 is 2.23 bits per heavy atom. The molecule has 1 fully saturated rings. The van der Waals surface area contributed by atoms with E-state index >= 15 is 0 Å². The highest BCUT2D eigenvalue weighted by molar-refractivity contribution is 7.80. The van der Waals surface area contributed by atoms with E-state index in [9.17, 15) is 9.18 Å². The molecule has 1 atom stereocenters. The molecule has 1 amide bonds. The summed E-state index contributed by atoms with van der Waals surface area (Å²) >= 11 is 5.35. The molecule has 0 aliphatic carbocycles. The van der Waals surface area contributed by atoms with Crippen LogP contribution >= 0.6 is 12.2 Å². The van der Waals surface area contributed by atoms with Gasteiger partial charge in [0.15, 0.2) is 5.11 Å². The van der Waals surface area contributed by atoms with E-state index in [0.29, 0.717) is 16.4 Å². The number of halogens is 1. The Hall–Kier alpha value is -1.69. The Morgan fingerprint density at radius 3 is 2.82 bits per heavy atom. The van der Waals surface area contributed by atoms with E-state index in [4.69, 9.17) is 12.2 Å². The maximum Gasteiger partial charge on any atom is 0.243 e. The van der Waals surface area contributed by atoms with Gasteiger partial charge in [0.05, 0.1) is 6.54 Å². The lowest BCUT2D eigenvalue weighted by molar-refractivity contribution is -0.117. The Balaban J connectivity index is 1.99. The second-order valence-corrected chi connectivity index (χ2v) is 6.89. The first-order valence-electron chi connectivity index (χ1n) is 7.33. The Labute approximate surface area is 136 Å². The van der Waals surface area contributed by atoms with Crippen molar-refractivity contribution in [3.63, 3.8) is 0 Å². The number of carbonyl (C=O) groups is 1. The van der Waals surface area contributed by atoms with Gasteiger partial charge in [-0.1, -0.05) is 6.07 Å². The van der Waals surface area contributed by atoms with Crippen LogP contribution in [-0.4, -0.2) is 34.0 Å². The van der Waals surface area contributed by atoms with Gasteiger partial charge >= 0.3 is 0 Å². The van der Waals surface area contributed by atoms with E-state index in [-0.39, 0.29) is 29.8 Å². The molecule has 0 saturated carbocycles. The summed E-state index contributed by atoms with van der Waals surface area (Å²) in [6.07, 6.45) is 0.888. The number of anilines is 1. The minimum atomic E-state index is -0.330. The van der Waals surface area contributed by atoms with Crippen molar-refractivity contribution in [3.05, 3.63) is 29.6 Å². The van der Waals surface area contributed by atoms with Gasteiger partial charge < -0.3 is 15.5 Å². The quantitative estimate of drug-likeness (QED) is 0.840. The van der Waals surface area contributed by atoms with Crippen LogP contribution in [0.25, 0.3) is 0 Å². The molecule has 1 heterocycles. The lowest BCUT2D eigenvalue weighted by atomic mass is 9.93. The first-order chi connectivity index (χ1) is 10.2. The summed E-state index contributed by atoms with van der Waals surface area (Å²) < 4.78 is 13.5. The van der Waals surface area contributed by atoms with E-state index in [1.165, 1.54) is 6.07 Å². The summed E-state index contributed by atoms with van der Waals surface area (Å²) in [5, 5.41) is 6.53. The highest BCUT2D eigenvalue weighted by atomic mass is 32.1. The Bertz CT molecular complexity index is 603. The van der Waals surface area contributed by atoms with Crippen LogP contribution in [-0.2, 0) is 4.79 Å². The fraction of sp³-hybridized carbons (Fsp3) is 0.500. The van der Waals surface area contributed by atoms with Gasteiger partial charge in [0, 0.05) is 17.3 Å². The van der Waals surface area contributed by atoms with Crippen LogP contribution in [0.5, 0.6) is 0 Å². The molecule has 2 rings (SSSR count). The van der Waals surface area contributed by atoms with Crippen molar-refractivity contribution in [2.45, 2.75) is 45.7 Å². The van der Waals surface area contributed by atoms with Crippen molar-refractivity contribution in [2.24, 2.45) is 0 Å². The molecule has 22 heavy (non-hydrogen) atoms. The molecule has 0 unspecified atom stereocenters. The summed E-state index contributed by atoms with van der Waals surface area (Å²) in [7, 11) is 0. The molecule has 6 heteroatoms. The minimum Gasteiger partial charge on any atom is -0.358 e. The molecule has 2 N–H and O–H groups in total. The van der Waals surface area contributed by atoms with E-state index in [1.54, 1.807) is 19.1 Å². The molecule has 4 nitrogen and oxygen atoms in total. The van der Waals surface area contributed by atoms with Crippen molar-refractivity contribution in [3.8, 4) is 0 Å². The zero-order valence-corrected chi connectivity index (χ0v) is 14.2. The number of hydrogen-bond donors (Lipinski definition) is 2. The van der Waals surface area contributed by atoms with Crippen LogP contribution in [0, 0.1) is 12.7 Å². The first kappa shape index (κ1) is 16.7. The average Bonchev–Trinajstić information content (AvgIpc) is 2.37. The fourth-order valence-electron chi connectivity index (χ4n) is 2.71. The molecule has 1 saturated heterocycles. The molecule has 0 radical (unpaired) electrons. The Morgan fingerprint density at radius 1 is 1.55 bits per heavy atom. The first-order valence-corrected chi connectivity index (χ1v) is 7.73. The summed E-state index contributed by atoms with van der Waals surface area (Å²) in [6.45, 7) is 8.05. The van der Waals surface area contributed by atoms with Crippen molar-refractivity contribution in [1.29, 1.82) is 0 Å². The Kier molecular flexibility index (Phi) is 4.70. The molecule has 1 aromatic rings. The molecule has 0 bridgehead atoms. The minimum absolute atomic E-state index is 0.0659. The van der Waals surface area contributed by atoms with Gasteiger partial charge in [-0.2, -0.15) is 0 Å². The van der Waals surface area contributed by atoms with E-state index in [0.717, 1.165) is 6.42 Å². The van der Waals surface area contributed by atoms with Gasteiger partial charge in [0.1, 0.15) is 5.82 Å². The normalized spacial score (nSPS) is 20.5. The van der Waals surface area contributed by atoms with E-state index in [1.807, 2.05) is 11.8 Å². The monoisotopic (exact) mass is 323 g/mol. The highest BCUT2D eigenvalue weighted by Gasteiger charge is 2.33. The predicted octanol–water partition coefficient (Wildman–Crippen LogP) is 2.82. The zero-order valence-electron chi connectivity index (χ0n) is 13.4. The van der Waals surface area contributed by atoms with Crippen molar-refractivity contribution >= 4 is 28.9 Å². The smallest absolute Gasteiger partial charge is 0.243 e. The number of rotatable bonds is 3. The van der Waals surface area contributed by atoms with Gasteiger partial charge in [0.2, 0.25) is 5.91 Å². The molecular formula is C16H22FN3OS. The van der Waals surface area contributed by atoms with Crippen molar-refractivity contribution in [1.82, 2.24) is 10.2 Å². The van der Waals surface area contributed by atoms with Gasteiger partial charge in [-0.3, -0.25) is 4.79 Å². The van der Waals surface area contributed by atoms with Crippen LogP contribution in [0.1, 0.15) is 32.8 Å². The third-order valence-electron chi connectivity index (χ3n) is 3.81. The number of nitrogens with zero attached hydrogens (tertiary/aromatic N) is 1. The van der Waals surface area contributed by atoms with E-state index < -0.39 is 0 Å². The molecule has 1 aliphatic heterocycles. The lowest BCUT2D eigenvalue weighted by Crippen LogP contribution is -2.61. The second kappa shape index (κ2) is 6.20. The van der Waals surface area contributed by atoms with Gasteiger partial charge in [-0.15, -0.1) is 0 Å². The fourth-order valence-corrected chi connectivity index (χ4v) is 3.24. The third kappa shape index (κ3) is 3.94. The van der Waals surface area contributed by atoms with Crippen LogP contribution in [0.4, 0.5) is 10.1 Å². The van der Waals surface area contributed by atoms with Gasteiger partial charge in [-0.05, 0) is 64.0 Å². The van der Waals surface area contributed by atoms with Crippen LogP contribution in [0.3, 0.4) is 0 Å². The molecular weight excluding hydrogens is 301 g/mol. The number of nitrogens with one attached hydrogen (secondary N) is 2. The molecule has 0 spiro atoms. The van der Waals surface area contributed by atoms with Crippen molar-refractivity contribution in [2.75, 3.05) is 11.9 Å². The molecule has 1 aliphatic rings. The second-order valence-electron chi connectivity index (χ2n) is 6.51.